The van der Waals surface area contributed by atoms with E-state index < -0.39 is 0 Å². The Bertz CT molecular complexity index is 1220. The second-order valence-corrected chi connectivity index (χ2v) is 9.35. The van der Waals surface area contributed by atoms with Crippen molar-refractivity contribution in [2.75, 3.05) is 12.4 Å². The van der Waals surface area contributed by atoms with E-state index in [2.05, 4.69) is 73.8 Å². The minimum atomic E-state index is -0.160. The fraction of sp³-hybridized carbons (Fsp3) is 0.296. The van der Waals surface area contributed by atoms with Crippen molar-refractivity contribution in [2.45, 2.75) is 39.7 Å². The molecular weight excluding hydrogens is 370 g/mol. The second kappa shape index (κ2) is 6.73. The van der Waals surface area contributed by atoms with Gasteiger partial charge in [-0.25, -0.2) is 0 Å². The zero-order chi connectivity index (χ0) is 21.0. The summed E-state index contributed by atoms with van der Waals surface area (Å²) in [5.74, 6) is 1.10. The molecule has 3 nitrogen and oxygen atoms in total. The highest BCUT2D eigenvalue weighted by Gasteiger charge is 2.40. The Morgan fingerprint density at radius 2 is 1.83 bits per heavy atom. The van der Waals surface area contributed by atoms with Gasteiger partial charge in [0.05, 0.1) is 13.2 Å². The molecule has 5 rings (SSSR count). The highest BCUT2D eigenvalue weighted by Crippen LogP contribution is 2.52. The Morgan fingerprint density at radius 1 is 1.03 bits per heavy atom. The molecule has 152 valence electrons. The van der Waals surface area contributed by atoms with Crippen LogP contribution in [-0.4, -0.2) is 12.9 Å². The third-order valence-corrected chi connectivity index (χ3v) is 6.50. The van der Waals surface area contributed by atoms with Crippen molar-refractivity contribution in [1.29, 1.82) is 0 Å². The quantitative estimate of drug-likeness (QED) is 0.539. The number of anilines is 1. The molecule has 0 bridgehead atoms. The van der Waals surface area contributed by atoms with Gasteiger partial charge >= 0.3 is 0 Å². The van der Waals surface area contributed by atoms with E-state index in [4.69, 9.17) is 4.74 Å². The molecule has 0 saturated heterocycles. The molecule has 1 atom stereocenters. The molecular formula is C27H27NO2. The number of fused-ring (bicyclic) bond motifs is 4. The van der Waals surface area contributed by atoms with Crippen LogP contribution in [0.2, 0.25) is 0 Å². The van der Waals surface area contributed by atoms with Crippen LogP contribution in [0.3, 0.4) is 0 Å². The summed E-state index contributed by atoms with van der Waals surface area (Å²) < 4.78 is 5.57. The van der Waals surface area contributed by atoms with Gasteiger partial charge in [-0.3, -0.25) is 4.79 Å². The summed E-state index contributed by atoms with van der Waals surface area (Å²) in [6.07, 6.45) is 1.48. The lowest BCUT2D eigenvalue weighted by molar-refractivity contribution is -0.118. The number of hydrogen-bond donors (Lipinski definition) is 1. The number of Topliss-reactive ketones (excluding diaryl/α,β-unsaturated/α-hetero) is 1. The average Bonchev–Trinajstić information content (AvgIpc) is 2.72. The topological polar surface area (TPSA) is 38.3 Å². The van der Waals surface area contributed by atoms with Crippen molar-refractivity contribution in [3.63, 3.8) is 0 Å². The molecule has 30 heavy (non-hydrogen) atoms. The van der Waals surface area contributed by atoms with Crippen LogP contribution in [0.4, 0.5) is 5.69 Å². The van der Waals surface area contributed by atoms with E-state index in [1.54, 1.807) is 7.11 Å². The van der Waals surface area contributed by atoms with Gasteiger partial charge in [-0.2, -0.15) is 0 Å². The van der Waals surface area contributed by atoms with E-state index >= 15 is 0 Å². The SMILES string of the molecule is COc1cc(C2Nc3ccc4ccccc4c3C3=C2C(=O)CC(C)(C)C3)ccc1C. The van der Waals surface area contributed by atoms with Crippen molar-refractivity contribution in [1.82, 2.24) is 0 Å². The first kappa shape index (κ1) is 18.9. The predicted octanol–water partition coefficient (Wildman–Crippen LogP) is 6.47. The molecule has 2 aliphatic rings. The minimum absolute atomic E-state index is 0.0447. The Kier molecular flexibility index (Phi) is 4.25. The van der Waals surface area contributed by atoms with Gasteiger partial charge in [0.15, 0.2) is 5.78 Å². The summed E-state index contributed by atoms with van der Waals surface area (Å²) in [5.41, 5.74) is 6.53. The molecule has 3 aromatic carbocycles. The fourth-order valence-corrected chi connectivity index (χ4v) is 5.10. The Balaban J connectivity index is 1.78. The number of aryl methyl sites for hydroxylation is 1. The molecule has 1 N–H and O–H groups in total. The van der Waals surface area contributed by atoms with Crippen LogP contribution in [0, 0.1) is 12.3 Å². The van der Waals surface area contributed by atoms with Gasteiger partial charge in [-0.15, -0.1) is 0 Å². The molecule has 1 heterocycles. The van der Waals surface area contributed by atoms with E-state index in [9.17, 15) is 4.79 Å². The molecule has 0 aromatic heterocycles. The maximum Gasteiger partial charge on any atom is 0.162 e. The molecule has 0 radical (unpaired) electrons. The second-order valence-electron chi connectivity index (χ2n) is 9.35. The number of hydrogen-bond acceptors (Lipinski definition) is 3. The van der Waals surface area contributed by atoms with Crippen LogP contribution in [-0.2, 0) is 4.79 Å². The Morgan fingerprint density at radius 3 is 2.63 bits per heavy atom. The van der Waals surface area contributed by atoms with Crippen molar-refractivity contribution in [3.05, 3.63) is 76.9 Å². The van der Waals surface area contributed by atoms with Crippen molar-refractivity contribution in [3.8, 4) is 5.75 Å². The van der Waals surface area contributed by atoms with Gasteiger partial charge in [-0.1, -0.05) is 56.3 Å². The van der Waals surface area contributed by atoms with Crippen LogP contribution < -0.4 is 10.1 Å². The summed E-state index contributed by atoms with van der Waals surface area (Å²) in [7, 11) is 1.70. The number of methoxy groups -OCH3 is 1. The van der Waals surface area contributed by atoms with Gasteiger partial charge in [0.1, 0.15) is 5.75 Å². The third-order valence-electron chi connectivity index (χ3n) is 6.50. The van der Waals surface area contributed by atoms with Gasteiger partial charge in [-0.05, 0) is 58.4 Å². The average molecular weight is 398 g/mol. The first-order valence-corrected chi connectivity index (χ1v) is 10.6. The number of carbonyl (C=O) groups excluding carboxylic acids is 1. The Labute approximate surface area is 177 Å². The summed E-state index contributed by atoms with van der Waals surface area (Å²) in [5, 5.41) is 6.11. The van der Waals surface area contributed by atoms with Crippen LogP contribution in [0.15, 0.2) is 60.2 Å². The minimum Gasteiger partial charge on any atom is -0.496 e. The lowest BCUT2D eigenvalue weighted by Crippen LogP contribution is -2.33. The maximum atomic E-state index is 13.5. The molecule has 3 heteroatoms. The first-order valence-electron chi connectivity index (χ1n) is 10.6. The van der Waals surface area contributed by atoms with Crippen LogP contribution in [0.5, 0.6) is 5.75 Å². The number of ketones is 1. The highest BCUT2D eigenvalue weighted by molar-refractivity contribution is 6.12. The van der Waals surface area contributed by atoms with E-state index in [0.717, 1.165) is 34.6 Å². The first-order chi connectivity index (χ1) is 14.4. The molecule has 1 unspecified atom stereocenters. The summed E-state index contributed by atoms with van der Waals surface area (Å²) in [4.78, 5) is 13.5. The maximum absolute atomic E-state index is 13.5. The van der Waals surface area contributed by atoms with Gasteiger partial charge in [0.2, 0.25) is 0 Å². The molecule has 0 spiro atoms. The lowest BCUT2D eigenvalue weighted by Gasteiger charge is -2.40. The highest BCUT2D eigenvalue weighted by atomic mass is 16.5. The molecule has 0 amide bonds. The smallest absolute Gasteiger partial charge is 0.162 e. The number of carbonyl (C=O) groups is 1. The standard InChI is InChI=1S/C27H27NO2/c1-16-9-10-18(13-23(16)30-4)26-25-20(14-27(2,3)15-22(25)29)24-19-8-6-5-7-17(19)11-12-21(24)28-26/h5-13,26,28H,14-15H2,1-4H3. The third kappa shape index (κ3) is 2.92. The molecule has 3 aromatic rings. The predicted molar refractivity (Wildman–Crippen MR) is 123 cm³/mol. The Hall–Kier alpha value is -3.07. The number of allylic oxidation sites excluding steroid dienone is 1. The summed E-state index contributed by atoms with van der Waals surface area (Å²) in [6.45, 7) is 6.44. The number of rotatable bonds is 2. The normalized spacial score (nSPS) is 19.9. The van der Waals surface area contributed by atoms with Crippen LogP contribution in [0.1, 0.15) is 49.4 Å². The van der Waals surface area contributed by atoms with Gasteiger partial charge in [0.25, 0.3) is 0 Å². The van der Waals surface area contributed by atoms with Crippen LogP contribution >= 0.6 is 0 Å². The van der Waals surface area contributed by atoms with E-state index in [1.165, 1.54) is 21.9 Å². The van der Waals surface area contributed by atoms with E-state index in [0.29, 0.717) is 6.42 Å². The molecule has 0 saturated carbocycles. The monoisotopic (exact) mass is 397 g/mol. The van der Waals surface area contributed by atoms with Gasteiger partial charge in [0, 0.05) is 23.2 Å². The van der Waals surface area contributed by atoms with Crippen molar-refractivity contribution < 1.29 is 9.53 Å². The van der Waals surface area contributed by atoms with E-state index in [-0.39, 0.29) is 17.2 Å². The number of benzene rings is 3. The zero-order valence-corrected chi connectivity index (χ0v) is 18.0. The van der Waals surface area contributed by atoms with E-state index in [1.807, 2.05) is 6.92 Å². The molecule has 0 fully saturated rings. The molecule has 1 aliphatic heterocycles. The van der Waals surface area contributed by atoms with Crippen molar-refractivity contribution in [2.24, 2.45) is 5.41 Å². The number of ether oxygens (including phenoxy) is 1. The largest absolute Gasteiger partial charge is 0.496 e. The molecule has 1 aliphatic carbocycles. The fourth-order valence-electron chi connectivity index (χ4n) is 5.10. The van der Waals surface area contributed by atoms with Crippen LogP contribution in [0.25, 0.3) is 16.3 Å². The summed E-state index contributed by atoms with van der Waals surface area (Å²) >= 11 is 0. The van der Waals surface area contributed by atoms with Crippen molar-refractivity contribution >= 4 is 27.8 Å². The van der Waals surface area contributed by atoms with Gasteiger partial charge < -0.3 is 10.1 Å². The zero-order valence-electron chi connectivity index (χ0n) is 18.0. The summed E-state index contributed by atoms with van der Waals surface area (Å²) in [6, 6.07) is 18.9. The lowest BCUT2D eigenvalue weighted by atomic mass is 9.68. The number of nitrogens with one attached hydrogen (secondary N) is 1.